The minimum absolute atomic E-state index is 0.135. The van der Waals surface area contributed by atoms with Gasteiger partial charge in [0.15, 0.2) is 5.13 Å². The van der Waals surface area contributed by atoms with Crippen molar-refractivity contribution in [3.8, 4) is 22.8 Å². The maximum atomic E-state index is 13.0. The number of halogens is 3. The molecule has 0 aliphatic carbocycles. The van der Waals surface area contributed by atoms with Gasteiger partial charge in [0.25, 0.3) is 0 Å². The summed E-state index contributed by atoms with van der Waals surface area (Å²) in [6.07, 6.45) is -4.61. The fourth-order valence-corrected chi connectivity index (χ4v) is 6.00. The predicted octanol–water partition coefficient (Wildman–Crippen LogP) is 4.36. The molecule has 0 spiro atoms. The Kier molecular flexibility index (Phi) is 6.74. The number of nitrogens with zero attached hydrogens (tertiary/aromatic N) is 3. The third-order valence-corrected chi connectivity index (χ3v) is 8.28. The second kappa shape index (κ2) is 9.43. The standard InChI is InChI=1S/C22H22F3N3O4S2/c1-31-16-6-7-20(32-2)18(13-16)19-14-33-21(26-19)27-8-10-28(11-9-27)34(29,30)17-5-3-4-15(12-17)22(23,24)25/h3-7,12-14H,8-11H2,1-2H3. The molecule has 2 aromatic carbocycles. The van der Waals surface area contributed by atoms with Gasteiger partial charge in [-0.15, -0.1) is 11.3 Å². The third kappa shape index (κ3) is 4.84. The van der Waals surface area contributed by atoms with Crippen molar-refractivity contribution in [2.45, 2.75) is 11.1 Å². The average Bonchev–Trinajstić information content (AvgIpc) is 3.33. The third-order valence-electron chi connectivity index (χ3n) is 5.48. The molecule has 3 aromatic rings. The van der Waals surface area contributed by atoms with Crippen LogP contribution >= 0.6 is 11.3 Å². The van der Waals surface area contributed by atoms with Gasteiger partial charge in [0, 0.05) is 37.1 Å². The maximum absolute atomic E-state index is 13.0. The van der Waals surface area contributed by atoms with E-state index >= 15 is 0 Å². The van der Waals surface area contributed by atoms with Gasteiger partial charge in [-0.2, -0.15) is 17.5 Å². The van der Waals surface area contributed by atoms with Crippen LogP contribution in [0.25, 0.3) is 11.3 Å². The maximum Gasteiger partial charge on any atom is 0.416 e. The molecule has 0 bridgehead atoms. The summed E-state index contributed by atoms with van der Waals surface area (Å²) in [5, 5.41) is 2.61. The van der Waals surface area contributed by atoms with E-state index in [0.29, 0.717) is 36.3 Å². The highest BCUT2D eigenvalue weighted by Gasteiger charge is 2.34. The molecule has 0 unspecified atom stereocenters. The quantitative estimate of drug-likeness (QED) is 0.488. The van der Waals surface area contributed by atoms with Gasteiger partial charge < -0.3 is 14.4 Å². The summed E-state index contributed by atoms with van der Waals surface area (Å²) in [7, 11) is -0.899. The van der Waals surface area contributed by atoms with Crippen molar-refractivity contribution in [2.75, 3.05) is 45.3 Å². The van der Waals surface area contributed by atoms with Gasteiger partial charge in [-0.1, -0.05) is 6.07 Å². The monoisotopic (exact) mass is 513 g/mol. The fourth-order valence-electron chi connectivity index (χ4n) is 3.65. The van der Waals surface area contributed by atoms with Crippen molar-refractivity contribution in [3.63, 3.8) is 0 Å². The molecule has 0 radical (unpaired) electrons. The minimum Gasteiger partial charge on any atom is -0.497 e. The van der Waals surface area contributed by atoms with E-state index < -0.39 is 21.8 Å². The smallest absolute Gasteiger partial charge is 0.416 e. The molecule has 1 aliphatic heterocycles. The van der Waals surface area contributed by atoms with Gasteiger partial charge in [-0.3, -0.25) is 0 Å². The summed E-state index contributed by atoms with van der Waals surface area (Å²) in [6.45, 7) is 0.993. The Bertz CT molecular complexity index is 1270. The summed E-state index contributed by atoms with van der Waals surface area (Å²) in [4.78, 5) is 6.28. The summed E-state index contributed by atoms with van der Waals surface area (Å²) < 4.78 is 76.8. The van der Waals surface area contributed by atoms with E-state index in [2.05, 4.69) is 4.98 Å². The van der Waals surface area contributed by atoms with E-state index in [4.69, 9.17) is 9.47 Å². The van der Waals surface area contributed by atoms with Crippen LogP contribution in [0.5, 0.6) is 11.5 Å². The predicted molar refractivity (Wildman–Crippen MR) is 123 cm³/mol. The molecule has 1 fully saturated rings. The Morgan fingerprint density at radius 2 is 1.74 bits per heavy atom. The van der Waals surface area contributed by atoms with Crippen molar-refractivity contribution in [3.05, 3.63) is 53.4 Å². The first-order valence-electron chi connectivity index (χ1n) is 10.2. The lowest BCUT2D eigenvalue weighted by Gasteiger charge is -2.33. The van der Waals surface area contributed by atoms with E-state index in [1.165, 1.54) is 21.7 Å². The van der Waals surface area contributed by atoms with Crippen LogP contribution in [0.3, 0.4) is 0 Å². The Balaban J connectivity index is 1.49. The Morgan fingerprint density at radius 3 is 2.38 bits per heavy atom. The number of alkyl halides is 3. The summed E-state index contributed by atoms with van der Waals surface area (Å²) >= 11 is 1.42. The lowest BCUT2D eigenvalue weighted by atomic mass is 10.1. The van der Waals surface area contributed by atoms with Crippen molar-refractivity contribution in [2.24, 2.45) is 0 Å². The number of rotatable bonds is 6. The van der Waals surface area contributed by atoms with Gasteiger partial charge in [-0.25, -0.2) is 13.4 Å². The molecule has 4 rings (SSSR count). The number of sulfonamides is 1. The normalized spacial score (nSPS) is 15.4. The van der Waals surface area contributed by atoms with E-state index in [0.717, 1.165) is 22.8 Å². The van der Waals surface area contributed by atoms with E-state index in [1.807, 2.05) is 16.3 Å². The number of benzene rings is 2. The molecule has 0 N–H and O–H groups in total. The zero-order valence-electron chi connectivity index (χ0n) is 18.4. The number of methoxy groups -OCH3 is 2. The van der Waals surface area contributed by atoms with Gasteiger partial charge in [0.05, 0.1) is 30.4 Å². The Labute approximate surface area is 199 Å². The van der Waals surface area contributed by atoms with E-state index in [-0.39, 0.29) is 18.0 Å². The van der Waals surface area contributed by atoms with Gasteiger partial charge in [0.1, 0.15) is 11.5 Å². The highest BCUT2D eigenvalue weighted by atomic mass is 32.2. The molecule has 182 valence electrons. The highest BCUT2D eigenvalue weighted by molar-refractivity contribution is 7.89. The number of ether oxygens (including phenoxy) is 2. The number of aromatic nitrogens is 1. The van der Waals surface area contributed by atoms with Crippen LogP contribution < -0.4 is 14.4 Å². The molecule has 1 saturated heterocycles. The van der Waals surface area contributed by atoms with Crippen LogP contribution in [0.15, 0.2) is 52.7 Å². The van der Waals surface area contributed by atoms with E-state index in [1.54, 1.807) is 26.4 Å². The van der Waals surface area contributed by atoms with Crippen molar-refractivity contribution in [1.29, 1.82) is 0 Å². The lowest BCUT2D eigenvalue weighted by molar-refractivity contribution is -0.137. The average molecular weight is 514 g/mol. The number of hydrogen-bond donors (Lipinski definition) is 0. The Hall–Kier alpha value is -2.83. The van der Waals surface area contributed by atoms with Crippen LogP contribution in [-0.2, 0) is 16.2 Å². The Morgan fingerprint density at radius 1 is 1.00 bits per heavy atom. The van der Waals surface area contributed by atoms with Crippen LogP contribution in [0.2, 0.25) is 0 Å². The summed E-state index contributed by atoms with van der Waals surface area (Å²) in [5.41, 5.74) is 0.486. The lowest BCUT2D eigenvalue weighted by Crippen LogP contribution is -2.48. The number of hydrogen-bond acceptors (Lipinski definition) is 7. The second-order valence-electron chi connectivity index (χ2n) is 7.50. The van der Waals surface area contributed by atoms with Crippen LogP contribution in [-0.4, -0.2) is 58.1 Å². The molecule has 7 nitrogen and oxygen atoms in total. The molecule has 0 saturated carbocycles. The summed E-state index contributed by atoms with van der Waals surface area (Å²) in [6, 6.07) is 9.24. The van der Waals surface area contributed by atoms with Crippen LogP contribution in [0.1, 0.15) is 5.56 Å². The molecule has 1 aromatic heterocycles. The van der Waals surface area contributed by atoms with Crippen molar-refractivity contribution < 1.29 is 31.1 Å². The zero-order valence-corrected chi connectivity index (χ0v) is 20.0. The molecule has 12 heteroatoms. The van der Waals surface area contributed by atoms with E-state index in [9.17, 15) is 21.6 Å². The first-order chi connectivity index (χ1) is 16.1. The van der Waals surface area contributed by atoms with Crippen molar-refractivity contribution >= 4 is 26.5 Å². The minimum atomic E-state index is -4.61. The molecule has 1 aliphatic rings. The van der Waals surface area contributed by atoms with Crippen molar-refractivity contribution in [1.82, 2.24) is 9.29 Å². The molecule has 0 amide bonds. The molecule has 0 atom stereocenters. The highest BCUT2D eigenvalue weighted by Crippen LogP contribution is 2.36. The number of anilines is 1. The topological polar surface area (TPSA) is 72.0 Å². The zero-order chi connectivity index (χ0) is 24.5. The van der Waals surface area contributed by atoms with Crippen LogP contribution in [0, 0.1) is 0 Å². The largest absolute Gasteiger partial charge is 0.497 e. The first kappa shape index (κ1) is 24.3. The second-order valence-corrected chi connectivity index (χ2v) is 10.3. The van der Waals surface area contributed by atoms with Gasteiger partial charge in [-0.05, 0) is 36.4 Å². The first-order valence-corrected chi connectivity index (χ1v) is 12.6. The summed E-state index contributed by atoms with van der Waals surface area (Å²) in [5.74, 6) is 1.31. The molecule has 2 heterocycles. The van der Waals surface area contributed by atoms with Gasteiger partial charge >= 0.3 is 6.18 Å². The van der Waals surface area contributed by atoms with Crippen LogP contribution in [0.4, 0.5) is 18.3 Å². The van der Waals surface area contributed by atoms with Gasteiger partial charge in [0.2, 0.25) is 10.0 Å². The molecule has 34 heavy (non-hydrogen) atoms. The SMILES string of the molecule is COc1ccc(OC)c(-c2csc(N3CCN(S(=O)(=O)c4cccc(C(F)(F)F)c4)CC3)n2)c1. The molecular formula is C22H22F3N3O4S2. The number of piperazine rings is 1. The number of thiazole rings is 1. The fraction of sp³-hybridized carbons (Fsp3) is 0.318. The molecular weight excluding hydrogens is 491 g/mol.